The van der Waals surface area contributed by atoms with Gasteiger partial charge in [-0.15, -0.1) is 11.3 Å². The molecule has 1 aliphatic carbocycles. The minimum atomic E-state index is -0.565. The summed E-state index contributed by atoms with van der Waals surface area (Å²) in [6.45, 7) is 2.01. The first-order valence-electron chi connectivity index (χ1n) is 8.32. The molecule has 7 nitrogen and oxygen atoms in total. The van der Waals surface area contributed by atoms with Gasteiger partial charge in [0.05, 0.1) is 17.1 Å². The Bertz CT molecular complexity index is 888. The highest BCUT2D eigenvalue weighted by Crippen LogP contribution is 2.40. The van der Waals surface area contributed by atoms with Crippen molar-refractivity contribution in [2.45, 2.75) is 32.6 Å². The molecule has 1 aromatic heterocycles. The third kappa shape index (κ3) is 3.60. The second kappa shape index (κ2) is 7.65. The Morgan fingerprint density at radius 2 is 2.15 bits per heavy atom. The zero-order valence-corrected chi connectivity index (χ0v) is 15.0. The fourth-order valence-electron chi connectivity index (χ4n) is 2.93. The molecular weight excluding hydrogens is 356 g/mol. The van der Waals surface area contributed by atoms with Crippen LogP contribution in [0.2, 0.25) is 0 Å². The number of thiophene rings is 1. The standard InChI is InChI=1S/C18H18N2O5S/c1-2-25-18(22)16-13-5-3-4-6-15(13)26-17(16)19-10-11-9-12(20(23)24)7-8-14(11)21/h7-10,21H,2-6H2,1H3/p-1. The molecule has 0 bridgehead atoms. The molecule has 0 aliphatic heterocycles. The molecular formula is C18H17N2O5S-. The minimum absolute atomic E-state index is 0.111. The molecule has 0 saturated heterocycles. The zero-order valence-electron chi connectivity index (χ0n) is 14.2. The topological polar surface area (TPSA) is 105 Å². The van der Waals surface area contributed by atoms with Gasteiger partial charge in [-0.1, -0.05) is 11.8 Å². The van der Waals surface area contributed by atoms with Crippen LogP contribution in [-0.4, -0.2) is 23.7 Å². The van der Waals surface area contributed by atoms with Crippen molar-refractivity contribution in [2.24, 2.45) is 4.99 Å². The number of fused-ring (bicyclic) bond motifs is 1. The molecule has 1 aliphatic rings. The first kappa shape index (κ1) is 18.1. The van der Waals surface area contributed by atoms with Gasteiger partial charge in [-0.3, -0.25) is 10.1 Å². The third-order valence-electron chi connectivity index (χ3n) is 4.16. The van der Waals surface area contributed by atoms with E-state index < -0.39 is 10.9 Å². The van der Waals surface area contributed by atoms with Crippen LogP contribution in [0.25, 0.3) is 0 Å². The van der Waals surface area contributed by atoms with Crippen molar-refractivity contribution in [3.05, 3.63) is 49.9 Å². The van der Waals surface area contributed by atoms with Crippen LogP contribution in [0.5, 0.6) is 5.75 Å². The fourth-order valence-corrected chi connectivity index (χ4v) is 4.16. The molecule has 0 spiro atoms. The number of aryl methyl sites for hydroxylation is 1. The SMILES string of the molecule is CCOC(=O)c1c(N=Cc2cc([N+](=O)[O-])ccc2[O-])sc2c1CCCC2. The Kier molecular flexibility index (Phi) is 5.32. The van der Waals surface area contributed by atoms with E-state index in [-0.39, 0.29) is 23.6 Å². The number of hydrogen-bond donors (Lipinski definition) is 0. The summed E-state index contributed by atoms with van der Waals surface area (Å²) in [5.41, 5.74) is 1.37. The van der Waals surface area contributed by atoms with Gasteiger partial charge in [0.25, 0.3) is 5.69 Å². The van der Waals surface area contributed by atoms with Crippen LogP contribution in [0.4, 0.5) is 10.7 Å². The predicted octanol–water partition coefficient (Wildman–Crippen LogP) is 3.54. The lowest BCUT2D eigenvalue weighted by atomic mass is 9.95. The number of aliphatic imine (C=N–C) groups is 1. The van der Waals surface area contributed by atoms with Crippen LogP contribution in [0, 0.1) is 10.1 Å². The number of rotatable bonds is 5. The summed E-state index contributed by atoms with van der Waals surface area (Å²) in [4.78, 5) is 28.1. The van der Waals surface area contributed by atoms with Gasteiger partial charge in [-0.25, -0.2) is 9.79 Å². The molecule has 0 unspecified atom stereocenters. The van der Waals surface area contributed by atoms with E-state index in [1.807, 2.05) is 0 Å². The number of carbonyl (C=O) groups is 1. The Balaban J connectivity index is 2.01. The van der Waals surface area contributed by atoms with Crippen molar-refractivity contribution in [1.82, 2.24) is 0 Å². The van der Waals surface area contributed by atoms with Gasteiger partial charge < -0.3 is 9.84 Å². The number of ether oxygens (including phenoxy) is 1. The molecule has 136 valence electrons. The lowest BCUT2D eigenvalue weighted by Gasteiger charge is -2.12. The molecule has 1 aromatic carbocycles. The van der Waals surface area contributed by atoms with Gasteiger partial charge in [0.1, 0.15) is 5.00 Å². The molecule has 26 heavy (non-hydrogen) atoms. The van der Waals surface area contributed by atoms with Gasteiger partial charge in [-0.2, -0.15) is 0 Å². The van der Waals surface area contributed by atoms with Crippen LogP contribution < -0.4 is 5.11 Å². The van der Waals surface area contributed by atoms with Gasteiger partial charge in [0.2, 0.25) is 0 Å². The number of nitro groups is 1. The van der Waals surface area contributed by atoms with E-state index in [9.17, 15) is 20.0 Å². The van der Waals surface area contributed by atoms with E-state index in [1.54, 1.807) is 6.92 Å². The van der Waals surface area contributed by atoms with Crippen molar-refractivity contribution < 1.29 is 19.6 Å². The highest BCUT2D eigenvalue weighted by molar-refractivity contribution is 7.16. The lowest BCUT2D eigenvalue weighted by Crippen LogP contribution is -2.09. The molecule has 0 fully saturated rings. The van der Waals surface area contributed by atoms with Crippen molar-refractivity contribution in [1.29, 1.82) is 0 Å². The molecule has 0 radical (unpaired) electrons. The molecule has 8 heteroatoms. The summed E-state index contributed by atoms with van der Waals surface area (Å²) in [6.07, 6.45) is 5.06. The quantitative estimate of drug-likeness (QED) is 0.345. The molecule has 3 rings (SSSR count). The van der Waals surface area contributed by atoms with Gasteiger partial charge in [0, 0.05) is 23.2 Å². The van der Waals surface area contributed by atoms with Gasteiger partial charge in [0.15, 0.2) is 0 Å². The second-order valence-corrected chi connectivity index (χ2v) is 6.93. The maximum absolute atomic E-state index is 12.4. The summed E-state index contributed by atoms with van der Waals surface area (Å²) in [7, 11) is 0. The highest BCUT2D eigenvalue weighted by atomic mass is 32.1. The fraction of sp³-hybridized carbons (Fsp3) is 0.333. The molecule has 0 atom stereocenters. The van der Waals surface area contributed by atoms with E-state index in [2.05, 4.69) is 4.99 Å². The normalized spacial score (nSPS) is 13.6. The summed E-state index contributed by atoms with van der Waals surface area (Å²) in [5.74, 6) is -0.779. The van der Waals surface area contributed by atoms with E-state index in [1.165, 1.54) is 23.6 Å². The average molecular weight is 373 g/mol. The number of esters is 1. The van der Waals surface area contributed by atoms with Crippen molar-refractivity contribution >= 4 is 34.2 Å². The molecule has 1 heterocycles. The van der Waals surface area contributed by atoms with Crippen LogP contribution in [-0.2, 0) is 17.6 Å². The average Bonchev–Trinajstić information content (AvgIpc) is 2.99. The van der Waals surface area contributed by atoms with E-state index >= 15 is 0 Å². The van der Waals surface area contributed by atoms with Crippen molar-refractivity contribution in [3.63, 3.8) is 0 Å². The number of nitrogens with zero attached hydrogens (tertiary/aromatic N) is 2. The Morgan fingerprint density at radius 1 is 1.38 bits per heavy atom. The Hall–Kier alpha value is -2.74. The maximum atomic E-state index is 12.4. The lowest BCUT2D eigenvalue weighted by molar-refractivity contribution is -0.385. The second-order valence-electron chi connectivity index (χ2n) is 5.85. The first-order valence-corrected chi connectivity index (χ1v) is 9.14. The monoisotopic (exact) mass is 373 g/mol. The van der Waals surface area contributed by atoms with Crippen molar-refractivity contribution in [2.75, 3.05) is 6.61 Å². The third-order valence-corrected chi connectivity index (χ3v) is 5.36. The van der Waals surface area contributed by atoms with Gasteiger partial charge >= 0.3 is 5.97 Å². The molecule has 0 saturated carbocycles. The Morgan fingerprint density at radius 3 is 2.88 bits per heavy atom. The van der Waals surface area contributed by atoms with Crippen LogP contribution in [0.1, 0.15) is 46.1 Å². The maximum Gasteiger partial charge on any atom is 0.341 e. The number of nitro benzene ring substituents is 1. The van der Waals surface area contributed by atoms with Crippen LogP contribution in [0.15, 0.2) is 23.2 Å². The van der Waals surface area contributed by atoms with Crippen molar-refractivity contribution in [3.8, 4) is 5.75 Å². The number of non-ortho nitro benzene ring substituents is 1. The van der Waals surface area contributed by atoms with E-state index in [0.29, 0.717) is 10.6 Å². The Labute approximate surface area is 154 Å². The summed E-state index contributed by atoms with van der Waals surface area (Å²) in [5, 5.41) is 23.3. The van der Waals surface area contributed by atoms with Crippen LogP contribution in [0.3, 0.4) is 0 Å². The molecule has 0 amide bonds. The van der Waals surface area contributed by atoms with Crippen LogP contribution >= 0.6 is 11.3 Å². The summed E-state index contributed by atoms with van der Waals surface area (Å²) < 4.78 is 5.16. The first-order chi connectivity index (χ1) is 12.5. The smallest absolute Gasteiger partial charge is 0.341 e. The number of carbonyl (C=O) groups excluding carboxylic acids is 1. The molecule has 0 N–H and O–H groups in total. The highest BCUT2D eigenvalue weighted by Gasteiger charge is 2.26. The zero-order chi connectivity index (χ0) is 18.7. The molecule has 2 aromatic rings. The number of benzene rings is 1. The summed E-state index contributed by atoms with van der Waals surface area (Å²) >= 11 is 1.42. The minimum Gasteiger partial charge on any atom is -0.872 e. The van der Waals surface area contributed by atoms with E-state index in [4.69, 9.17) is 4.74 Å². The summed E-state index contributed by atoms with van der Waals surface area (Å²) in [6, 6.07) is 3.49. The van der Waals surface area contributed by atoms with Gasteiger partial charge in [-0.05, 0) is 43.7 Å². The predicted molar refractivity (Wildman–Crippen MR) is 96.7 cm³/mol. The number of hydrogen-bond acceptors (Lipinski definition) is 7. The van der Waals surface area contributed by atoms with E-state index in [0.717, 1.165) is 48.3 Å². The largest absolute Gasteiger partial charge is 0.872 e.